The molecular formula is C21H26F2N2O. The van der Waals surface area contributed by atoms with Gasteiger partial charge in [0.15, 0.2) is 0 Å². The summed E-state index contributed by atoms with van der Waals surface area (Å²) in [5, 5.41) is 0. The molecule has 0 radical (unpaired) electrons. The molecule has 0 N–H and O–H groups in total. The number of aromatic nitrogens is 1. The summed E-state index contributed by atoms with van der Waals surface area (Å²) in [5.41, 5.74) is -0.0607. The first-order valence-corrected chi connectivity index (χ1v) is 9.16. The first kappa shape index (κ1) is 18.8. The Hall–Kier alpha value is -2.01. The highest BCUT2D eigenvalue weighted by Crippen LogP contribution is 2.24. The topological polar surface area (TPSA) is 25.4 Å². The van der Waals surface area contributed by atoms with E-state index in [-0.39, 0.29) is 5.82 Å². The van der Waals surface area contributed by atoms with Crippen molar-refractivity contribution in [3.63, 3.8) is 0 Å². The maximum Gasteiger partial charge on any atom is 0.137 e. The lowest BCUT2D eigenvalue weighted by molar-refractivity contribution is 0.0836. The molecule has 2 aromatic rings. The monoisotopic (exact) mass is 360 g/mol. The molecule has 3 rings (SSSR count). The van der Waals surface area contributed by atoms with Gasteiger partial charge in [0.25, 0.3) is 0 Å². The molecule has 1 fully saturated rings. The van der Waals surface area contributed by atoms with Crippen molar-refractivity contribution < 1.29 is 13.5 Å². The van der Waals surface area contributed by atoms with Gasteiger partial charge in [-0.05, 0) is 70.0 Å². The Bertz CT molecular complexity index is 705. The zero-order chi connectivity index (χ0) is 18.6. The van der Waals surface area contributed by atoms with Crippen molar-refractivity contribution in [3.05, 3.63) is 48.4 Å². The predicted molar refractivity (Wildman–Crippen MR) is 99.5 cm³/mol. The SMILES string of the molecule is CC(C)(F)CN1CCC(COc2ccc(-c3ccccc3F)nc2)CC1. The number of pyridine rings is 1. The van der Waals surface area contributed by atoms with E-state index in [0.717, 1.165) is 25.9 Å². The summed E-state index contributed by atoms with van der Waals surface area (Å²) in [4.78, 5) is 6.49. The molecule has 26 heavy (non-hydrogen) atoms. The molecule has 0 saturated carbocycles. The lowest BCUT2D eigenvalue weighted by Crippen LogP contribution is -2.41. The van der Waals surface area contributed by atoms with Crippen LogP contribution in [0.2, 0.25) is 0 Å². The summed E-state index contributed by atoms with van der Waals surface area (Å²) in [7, 11) is 0. The molecule has 1 saturated heterocycles. The van der Waals surface area contributed by atoms with Gasteiger partial charge in [0.1, 0.15) is 17.2 Å². The van der Waals surface area contributed by atoms with Crippen LogP contribution in [0.5, 0.6) is 5.75 Å². The van der Waals surface area contributed by atoms with Gasteiger partial charge in [0, 0.05) is 12.1 Å². The normalized spacial score (nSPS) is 16.6. The van der Waals surface area contributed by atoms with E-state index < -0.39 is 5.67 Å². The fourth-order valence-corrected chi connectivity index (χ4v) is 3.35. The fraction of sp³-hybridized carbons (Fsp3) is 0.476. The second-order valence-corrected chi connectivity index (χ2v) is 7.61. The molecule has 0 spiro atoms. The number of likely N-dealkylation sites (tertiary alicyclic amines) is 1. The van der Waals surface area contributed by atoms with E-state index in [1.807, 2.05) is 6.07 Å². The van der Waals surface area contributed by atoms with E-state index in [1.165, 1.54) is 6.07 Å². The van der Waals surface area contributed by atoms with Crippen molar-refractivity contribution in [2.24, 2.45) is 5.92 Å². The number of hydrogen-bond donors (Lipinski definition) is 0. The minimum atomic E-state index is -1.14. The largest absolute Gasteiger partial charge is 0.492 e. The maximum absolute atomic E-state index is 13.8. The Morgan fingerprint density at radius 3 is 2.50 bits per heavy atom. The molecule has 5 heteroatoms. The van der Waals surface area contributed by atoms with Crippen molar-refractivity contribution >= 4 is 0 Å². The van der Waals surface area contributed by atoms with E-state index in [2.05, 4.69) is 9.88 Å². The Kier molecular flexibility index (Phi) is 5.87. The number of ether oxygens (including phenoxy) is 1. The van der Waals surface area contributed by atoms with Gasteiger partial charge in [-0.3, -0.25) is 4.98 Å². The molecule has 0 unspecified atom stereocenters. The molecule has 0 bridgehead atoms. The summed E-state index contributed by atoms with van der Waals surface area (Å²) in [6.45, 7) is 6.19. The molecule has 1 aromatic carbocycles. The van der Waals surface area contributed by atoms with Crippen LogP contribution in [-0.4, -0.2) is 41.8 Å². The number of hydrogen-bond acceptors (Lipinski definition) is 3. The fourth-order valence-electron chi connectivity index (χ4n) is 3.35. The second-order valence-electron chi connectivity index (χ2n) is 7.61. The predicted octanol–water partition coefficient (Wildman–Crippen LogP) is 4.73. The van der Waals surface area contributed by atoms with E-state index in [1.54, 1.807) is 44.3 Å². The third-order valence-corrected chi connectivity index (χ3v) is 4.68. The molecule has 0 atom stereocenters. The lowest BCUT2D eigenvalue weighted by atomic mass is 9.97. The number of halogens is 2. The number of nitrogens with zero attached hydrogens (tertiary/aromatic N) is 2. The number of rotatable bonds is 6. The molecule has 140 valence electrons. The quantitative estimate of drug-likeness (QED) is 0.745. The molecule has 1 aliphatic heterocycles. The molecular weight excluding hydrogens is 334 g/mol. The summed E-state index contributed by atoms with van der Waals surface area (Å²) in [6, 6.07) is 10.2. The summed E-state index contributed by atoms with van der Waals surface area (Å²) in [6.07, 6.45) is 3.66. The first-order chi connectivity index (χ1) is 12.4. The molecule has 1 aromatic heterocycles. The Morgan fingerprint density at radius 2 is 1.88 bits per heavy atom. The Labute approximate surface area is 154 Å². The van der Waals surface area contributed by atoms with Crippen molar-refractivity contribution in [1.82, 2.24) is 9.88 Å². The van der Waals surface area contributed by atoms with E-state index in [4.69, 9.17) is 4.74 Å². The summed E-state index contributed by atoms with van der Waals surface area (Å²) < 4.78 is 33.4. The Balaban J connectivity index is 1.48. The smallest absolute Gasteiger partial charge is 0.137 e. The average molecular weight is 360 g/mol. The van der Waals surface area contributed by atoms with Gasteiger partial charge in [-0.1, -0.05) is 12.1 Å². The van der Waals surface area contributed by atoms with Crippen LogP contribution in [0.15, 0.2) is 42.6 Å². The van der Waals surface area contributed by atoms with Crippen LogP contribution in [0.4, 0.5) is 8.78 Å². The van der Waals surface area contributed by atoms with Crippen LogP contribution >= 0.6 is 0 Å². The molecule has 1 aliphatic rings. The number of benzene rings is 1. The minimum absolute atomic E-state index is 0.281. The van der Waals surface area contributed by atoms with Crippen molar-refractivity contribution in [2.45, 2.75) is 32.4 Å². The third-order valence-electron chi connectivity index (χ3n) is 4.68. The van der Waals surface area contributed by atoms with Crippen molar-refractivity contribution in [1.29, 1.82) is 0 Å². The van der Waals surface area contributed by atoms with Crippen molar-refractivity contribution in [2.75, 3.05) is 26.2 Å². The minimum Gasteiger partial charge on any atom is -0.492 e. The highest BCUT2D eigenvalue weighted by molar-refractivity contribution is 5.60. The third kappa shape index (κ3) is 5.24. The van der Waals surface area contributed by atoms with Crippen LogP contribution in [0.1, 0.15) is 26.7 Å². The summed E-state index contributed by atoms with van der Waals surface area (Å²) >= 11 is 0. The van der Waals surface area contributed by atoms with E-state index in [9.17, 15) is 8.78 Å². The van der Waals surface area contributed by atoms with Crippen LogP contribution in [-0.2, 0) is 0 Å². The van der Waals surface area contributed by atoms with Gasteiger partial charge in [0.05, 0.1) is 18.5 Å². The van der Waals surface area contributed by atoms with Crippen LogP contribution in [0, 0.1) is 11.7 Å². The zero-order valence-corrected chi connectivity index (χ0v) is 15.4. The van der Waals surface area contributed by atoms with Crippen molar-refractivity contribution in [3.8, 4) is 17.0 Å². The van der Waals surface area contributed by atoms with Gasteiger partial charge in [-0.25, -0.2) is 8.78 Å². The summed E-state index contributed by atoms with van der Waals surface area (Å²) in [5.74, 6) is 0.884. The lowest BCUT2D eigenvalue weighted by Gasteiger charge is -2.34. The van der Waals surface area contributed by atoms with Gasteiger partial charge in [-0.2, -0.15) is 0 Å². The van der Waals surface area contributed by atoms with E-state index >= 15 is 0 Å². The van der Waals surface area contributed by atoms with Gasteiger partial charge >= 0.3 is 0 Å². The highest BCUT2D eigenvalue weighted by Gasteiger charge is 2.25. The van der Waals surface area contributed by atoms with Gasteiger partial charge in [-0.15, -0.1) is 0 Å². The van der Waals surface area contributed by atoms with Gasteiger partial charge < -0.3 is 9.64 Å². The average Bonchev–Trinajstić information content (AvgIpc) is 2.61. The van der Waals surface area contributed by atoms with Crippen LogP contribution in [0.3, 0.4) is 0 Å². The molecule has 3 nitrogen and oxygen atoms in total. The Morgan fingerprint density at radius 1 is 1.15 bits per heavy atom. The molecule has 0 aliphatic carbocycles. The van der Waals surface area contributed by atoms with Gasteiger partial charge in [0.2, 0.25) is 0 Å². The maximum atomic E-state index is 13.8. The van der Waals surface area contributed by atoms with Crippen LogP contribution in [0.25, 0.3) is 11.3 Å². The first-order valence-electron chi connectivity index (χ1n) is 9.16. The highest BCUT2D eigenvalue weighted by atomic mass is 19.1. The molecule has 2 heterocycles. The van der Waals surface area contributed by atoms with E-state index in [0.29, 0.717) is 36.1 Å². The molecule has 0 amide bonds. The standard InChI is InChI=1S/C21H26F2N2O/c1-21(2,23)15-25-11-9-16(10-12-25)14-26-17-7-8-20(24-13-17)18-5-3-4-6-19(18)22/h3-8,13,16H,9-12,14-15H2,1-2H3. The number of piperidine rings is 1. The number of alkyl halides is 1. The zero-order valence-electron chi connectivity index (χ0n) is 15.4. The van der Waals surface area contributed by atoms with Crippen LogP contribution < -0.4 is 4.74 Å². The second kappa shape index (κ2) is 8.12.